The van der Waals surface area contributed by atoms with Gasteiger partial charge >= 0.3 is 0 Å². The Morgan fingerprint density at radius 2 is 1.74 bits per heavy atom. The molecule has 0 saturated carbocycles. The summed E-state index contributed by atoms with van der Waals surface area (Å²) in [5, 5.41) is 4.89. The second-order valence-electron chi connectivity index (χ2n) is 5.07. The van der Waals surface area contributed by atoms with Gasteiger partial charge < -0.3 is 14.8 Å². The summed E-state index contributed by atoms with van der Waals surface area (Å²) in [4.78, 5) is 35.4. The Labute approximate surface area is 130 Å². The standard InChI is InChI=1S/C16H10N2O5/c19-14(8-1-4-12-13(5-8)23-7-22-12)17-9-2-3-10-11(6-9)16(21)18-15(10)20/h1-6H,7H2,(H,17,19)(H,18,20,21). The molecule has 3 amide bonds. The lowest BCUT2D eigenvalue weighted by Gasteiger charge is -2.07. The Kier molecular flexibility index (Phi) is 2.80. The molecule has 0 aromatic heterocycles. The number of hydrogen-bond acceptors (Lipinski definition) is 5. The van der Waals surface area contributed by atoms with Crippen LogP contribution >= 0.6 is 0 Å². The van der Waals surface area contributed by atoms with Crippen LogP contribution in [0.3, 0.4) is 0 Å². The van der Waals surface area contributed by atoms with Crippen molar-refractivity contribution >= 4 is 23.4 Å². The molecule has 2 aromatic carbocycles. The zero-order valence-electron chi connectivity index (χ0n) is 11.7. The number of benzene rings is 2. The molecule has 2 aliphatic heterocycles. The average molecular weight is 310 g/mol. The minimum Gasteiger partial charge on any atom is -0.454 e. The van der Waals surface area contributed by atoms with Crippen LogP contribution in [0.4, 0.5) is 5.69 Å². The van der Waals surface area contributed by atoms with Crippen LogP contribution in [-0.4, -0.2) is 24.5 Å². The van der Waals surface area contributed by atoms with Gasteiger partial charge in [-0.2, -0.15) is 0 Å². The van der Waals surface area contributed by atoms with Crippen molar-refractivity contribution in [3.8, 4) is 11.5 Å². The number of amides is 3. The lowest BCUT2D eigenvalue weighted by atomic mass is 10.1. The van der Waals surface area contributed by atoms with Crippen molar-refractivity contribution in [2.75, 3.05) is 12.1 Å². The number of carbonyl (C=O) groups excluding carboxylic acids is 3. The minimum atomic E-state index is -0.468. The molecular weight excluding hydrogens is 300 g/mol. The van der Waals surface area contributed by atoms with Gasteiger partial charge in [-0.25, -0.2) is 0 Å². The van der Waals surface area contributed by atoms with E-state index in [1.165, 1.54) is 12.1 Å². The fourth-order valence-corrected chi connectivity index (χ4v) is 2.49. The van der Waals surface area contributed by atoms with E-state index in [0.29, 0.717) is 28.3 Å². The molecule has 0 fully saturated rings. The number of rotatable bonds is 2. The fraction of sp³-hybridized carbons (Fsp3) is 0.0625. The van der Waals surface area contributed by atoms with Crippen molar-refractivity contribution in [1.29, 1.82) is 0 Å². The Balaban J connectivity index is 1.59. The first-order valence-corrected chi connectivity index (χ1v) is 6.82. The maximum Gasteiger partial charge on any atom is 0.259 e. The number of nitrogens with one attached hydrogen (secondary N) is 2. The summed E-state index contributed by atoms with van der Waals surface area (Å²) in [6.07, 6.45) is 0. The van der Waals surface area contributed by atoms with Gasteiger partial charge in [0.25, 0.3) is 17.7 Å². The van der Waals surface area contributed by atoms with E-state index in [4.69, 9.17) is 9.47 Å². The molecular formula is C16H10N2O5. The third-order valence-corrected chi connectivity index (χ3v) is 3.63. The highest BCUT2D eigenvalue weighted by Gasteiger charge is 2.27. The first kappa shape index (κ1) is 13.3. The topological polar surface area (TPSA) is 93.7 Å². The average Bonchev–Trinajstić information content (AvgIpc) is 3.11. The van der Waals surface area contributed by atoms with Crippen LogP contribution in [-0.2, 0) is 0 Å². The maximum absolute atomic E-state index is 12.3. The Morgan fingerprint density at radius 3 is 2.61 bits per heavy atom. The molecule has 4 rings (SSSR count). The van der Waals surface area contributed by atoms with Gasteiger partial charge in [0.1, 0.15) is 0 Å². The molecule has 2 aliphatic rings. The first-order chi connectivity index (χ1) is 11.1. The van der Waals surface area contributed by atoms with E-state index < -0.39 is 11.8 Å². The van der Waals surface area contributed by atoms with Crippen LogP contribution in [0.5, 0.6) is 11.5 Å². The molecule has 7 nitrogen and oxygen atoms in total. The summed E-state index contributed by atoms with van der Waals surface area (Å²) in [6.45, 7) is 0.133. The van der Waals surface area contributed by atoms with E-state index in [1.807, 2.05) is 0 Å². The normalized spacial score (nSPS) is 14.4. The molecule has 23 heavy (non-hydrogen) atoms. The number of carbonyl (C=O) groups is 3. The van der Waals surface area contributed by atoms with E-state index >= 15 is 0 Å². The number of ether oxygens (including phenoxy) is 2. The molecule has 114 valence electrons. The number of imide groups is 1. The third kappa shape index (κ3) is 2.18. The van der Waals surface area contributed by atoms with Crippen LogP contribution in [0.15, 0.2) is 36.4 Å². The van der Waals surface area contributed by atoms with Gasteiger partial charge in [0.2, 0.25) is 6.79 Å². The van der Waals surface area contributed by atoms with Crippen molar-refractivity contribution in [2.45, 2.75) is 0 Å². The van der Waals surface area contributed by atoms with E-state index in [-0.39, 0.29) is 18.3 Å². The van der Waals surface area contributed by atoms with Crippen molar-refractivity contribution in [2.24, 2.45) is 0 Å². The highest BCUT2D eigenvalue weighted by Crippen LogP contribution is 2.32. The number of hydrogen-bond donors (Lipinski definition) is 2. The summed E-state index contributed by atoms with van der Waals surface area (Å²) in [6, 6.07) is 9.41. The van der Waals surface area contributed by atoms with Crippen LogP contribution in [0.2, 0.25) is 0 Å². The second-order valence-corrected chi connectivity index (χ2v) is 5.07. The van der Waals surface area contributed by atoms with Gasteiger partial charge in [-0.1, -0.05) is 0 Å². The molecule has 0 spiro atoms. The van der Waals surface area contributed by atoms with Crippen LogP contribution in [0, 0.1) is 0 Å². The quantitative estimate of drug-likeness (QED) is 0.821. The van der Waals surface area contributed by atoms with Crippen LogP contribution in [0.25, 0.3) is 0 Å². The maximum atomic E-state index is 12.3. The highest BCUT2D eigenvalue weighted by atomic mass is 16.7. The lowest BCUT2D eigenvalue weighted by Crippen LogP contribution is -2.19. The summed E-state index contributed by atoms with van der Waals surface area (Å²) >= 11 is 0. The SMILES string of the molecule is O=C(Nc1ccc2c(c1)C(=O)NC2=O)c1ccc2c(c1)OCO2. The van der Waals surface area contributed by atoms with E-state index in [2.05, 4.69) is 10.6 Å². The predicted octanol–water partition coefficient (Wildman–Crippen LogP) is 1.55. The molecule has 0 bridgehead atoms. The predicted molar refractivity (Wildman–Crippen MR) is 78.8 cm³/mol. The van der Waals surface area contributed by atoms with Crippen molar-refractivity contribution in [3.63, 3.8) is 0 Å². The summed E-state index contributed by atoms with van der Waals surface area (Å²) in [5.74, 6) is -0.151. The molecule has 2 aromatic rings. The second kappa shape index (κ2) is 4.84. The smallest absolute Gasteiger partial charge is 0.259 e. The molecule has 2 heterocycles. The van der Waals surface area contributed by atoms with Crippen molar-refractivity contribution in [1.82, 2.24) is 5.32 Å². The summed E-state index contributed by atoms with van der Waals surface area (Å²) in [5.41, 5.74) is 1.38. The molecule has 0 aliphatic carbocycles. The third-order valence-electron chi connectivity index (χ3n) is 3.63. The van der Waals surface area contributed by atoms with E-state index in [9.17, 15) is 14.4 Å². The fourth-order valence-electron chi connectivity index (χ4n) is 2.49. The molecule has 0 saturated heterocycles. The Bertz CT molecular complexity index is 875. The van der Waals surface area contributed by atoms with Crippen molar-refractivity contribution < 1.29 is 23.9 Å². The zero-order valence-corrected chi connectivity index (χ0v) is 11.7. The van der Waals surface area contributed by atoms with Gasteiger partial charge in [0.15, 0.2) is 11.5 Å². The molecule has 0 radical (unpaired) electrons. The lowest BCUT2D eigenvalue weighted by molar-refractivity contribution is 0.0878. The number of anilines is 1. The van der Waals surface area contributed by atoms with Gasteiger partial charge in [0, 0.05) is 11.3 Å². The summed E-state index contributed by atoms with van der Waals surface area (Å²) < 4.78 is 10.4. The molecule has 0 atom stereocenters. The van der Waals surface area contributed by atoms with Crippen LogP contribution in [0.1, 0.15) is 31.1 Å². The highest BCUT2D eigenvalue weighted by molar-refractivity contribution is 6.22. The van der Waals surface area contributed by atoms with E-state index in [1.54, 1.807) is 24.3 Å². The Morgan fingerprint density at radius 1 is 0.957 bits per heavy atom. The number of fused-ring (bicyclic) bond motifs is 2. The summed E-state index contributed by atoms with van der Waals surface area (Å²) in [7, 11) is 0. The van der Waals surface area contributed by atoms with Crippen molar-refractivity contribution in [3.05, 3.63) is 53.1 Å². The molecule has 2 N–H and O–H groups in total. The van der Waals surface area contributed by atoms with Gasteiger partial charge in [0.05, 0.1) is 11.1 Å². The first-order valence-electron chi connectivity index (χ1n) is 6.82. The molecule has 7 heteroatoms. The largest absolute Gasteiger partial charge is 0.454 e. The van der Waals surface area contributed by atoms with E-state index in [0.717, 1.165) is 0 Å². The molecule has 0 unspecified atom stereocenters. The monoisotopic (exact) mass is 310 g/mol. The minimum absolute atomic E-state index is 0.133. The van der Waals surface area contributed by atoms with Crippen LogP contribution < -0.4 is 20.1 Å². The zero-order chi connectivity index (χ0) is 16.0. The van der Waals surface area contributed by atoms with Gasteiger partial charge in [-0.05, 0) is 36.4 Å². The van der Waals surface area contributed by atoms with Gasteiger partial charge in [-0.15, -0.1) is 0 Å². The Hall–Kier alpha value is -3.35. The van der Waals surface area contributed by atoms with Gasteiger partial charge in [-0.3, -0.25) is 19.7 Å².